The predicted octanol–water partition coefficient (Wildman–Crippen LogP) is 3.65. The average molecular weight is 525 g/mol. The highest BCUT2D eigenvalue weighted by atomic mass is 35.5. The molecule has 3 aromatic rings. The van der Waals surface area contributed by atoms with Crippen LogP contribution in [0.5, 0.6) is 5.75 Å². The number of nitrogens with one attached hydrogen (secondary N) is 2. The van der Waals surface area contributed by atoms with Gasteiger partial charge in [-0.1, -0.05) is 42.5 Å². The van der Waals surface area contributed by atoms with Gasteiger partial charge in [-0.25, -0.2) is 0 Å². The number of carbonyl (C=O) groups excluding carboxylic acids is 3. The van der Waals surface area contributed by atoms with Crippen molar-refractivity contribution < 1.29 is 19.1 Å². The minimum Gasteiger partial charge on any atom is -0.496 e. The van der Waals surface area contributed by atoms with Gasteiger partial charge in [-0.2, -0.15) is 0 Å². The number of hydrogen-bond donors (Lipinski definition) is 2. The minimum atomic E-state index is -0.953. The number of halogens is 1. The van der Waals surface area contributed by atoms with Crippen molar-refractivity contribution in [2.75, 3.05) is 24.0 Å². The topological polar surface area (TPSA) is 91.0 Å². The van der Waals surface area contributed by atoms with Gasteiger partial charge in [-0.3, -0.25) is 14.4 Å². The molecule has 1 aliphatic heterocycles. The molecule has 0 saturated carbocycles. The molecule has 37 heavy (non-hydrogen) atoms. The molecule has 8 nitrogen and oxygen atoms in total. The molecule has 3 amide bonds. The van der Waals surface area contributed by atoms with E-state index in [9.17, 15) is 14.4 Å². The van der Waals surface area contributed by atoms with E-state index in [1.807, 2.05) is 60.7 Å². The number of anilines is 2. The van der Waals surface area contributed by atoms with Gasteiger partial charge in [0.15, 0.2) is 0 Å². The quantitative estimate of drug-likeness (QED) is 0.513. The fourth-order valence-corrected chi connectivity index (χ4v) is 4.80. The van der Waals surface area contributed by atoms with Crippen molar-refractivity contribution in [3.8, 4) is 5.75 Å². The van der Waals surface area contributed by atoms with E-state index < -0.39 is 18.1 Å². The third-order valence-corrected chi connectivity index (χ3v) is 6.85. The van der Waals surface area contributed by atoms with Crippen LogP contribution in [0.2, 0.25) is 0 Å². The van der Waals surface area contributed by atoms with E-state index >= 15 is 0 Å². The monoisotopic (exact) mass is 524 g/mol. The lowest BCUT2D eigenvalue weighted by atomic mass is 10.0. The molecule has 4 rings (SSSR count). The summed E-state index contributed by atoms with van der Waals surface area (Å²) in [6.45, 7) is 5.17. The molecular weight excluding hydrogens is 492 g/mol. The maximum atomic E-state index is 14.2. The zero-order chi connectivity index (χ0) is 26.0. The highest BCUT2D eigenvalue weighted by Crippen LogP contribution is 2.38. The van der Waals surface area contributed by atoms with Crippen LogP contribution >= 0.6 is 12.4 Å². The Balaban J connectivity index is 0.00000380. The number of para-hydroxylation sites is 2. The third kappa shape index (κ3) is 5.26. The molecule has 0 bridgehead atoms. The Morgan fingerprint density at radius 3 is 2.32 bits per heavy atom. The van der Waals surface area contributed by atoms with Crippen LogP contribution in [0, 0.1) is 0 Å². The van der Waals surface area contributed by atoms with Crippen molar-refractivity contribution >= 4 is 52.3 Å². The molecule has 0 aliphatic carbocycles. The van der Waals surface area contributed by atoms with Crippen molar-refractivity contribution in [3.63, 3.8) is 0 Å². The van der Waals surface area contributed by atoms with Gasteiger partial charge in [0.2, 0.25) is 11.8 Å². The van der Waals surface area contributed by atoms with Crippen LogP contribution in [0.4, 0.5) is 11.4 Å². The van der Waals surface area contributed by atoms with Crippen LogP contribution in [-0.2, 0) is 20.9 Å². The van der Waals surface area contributed by atoms with Crippen molar-refractivity contribution in [3.05, 3.63) is 66.2 Å². The molecule has 0 radical (unpaired) electrons. The molecule has 0 aromatic heterocycles. The van der Waals surface area contributed by atoms with Gasteiger partial charge < -0.3 is 25.2 Å². The van der Waals surface area contributed by atoms with E-state index in [0.29, 0.717) is 17.1 Å². The Hall–Kier alpha value is -3.62. The molecule has 0 saturated heterocycles. The highest BCUT2D eigenvalue weighted by Gasteiger charge is 2.41. The summed E-state index contributed by atoms with van der Waals surface area (Å²) in [7, 11) is 3.28. The van der Waals surface area contributed by atoms with Crippen molar-refractivity contribution in [2.45, 2.75) is 45.4 Å². The fraction of sp³-hybridized carbons (Fsp3) is 0.321. The molecule has 9 heteroatoms. The van der Waals surface area contributed by atoms with Gasteiger partial charge >= 0.3 is 0 Å². The molecule has 3 aromatic carbocycles. The number of benzene rings is 3. The van der Waals surface area contributed by atoms with Crippen LogP contribution in [0.1, 0.15) is 26.3 Å². The van der Waals surface area contributed by atoms with E-state index in [0.717, 1.165) is 16.3 Å². The number of nitrogens with zero attached hydrogens (tertiary/aromatic N) is 2. The lowest BCUT2D eigenvalue weighted by molar-refractivity contribution is -0.129. The minimum absolute atomic E-state index is 0. The second kappa shape index (κ2) is 11.6. The maximum absolute atomic E-state index is 14.2. The van der Waals surface area contributed by atoms with Gasteiger partial charge in [0, 0.05) is 12.5 Å². The molecule has 3 atom stereocenters. The van der Waals surface area contributed by atoms with Gasteiger partial charge in [0.1, 0.15) is 11.8 Å². The largest absolute Gasteiger partial charge is 0.496 e. The fourth-order valence-electron chi connectivity index (χ4n) is 4.80. The number of fused-ring (bicyclic) bond motifs is 2. The van der Waals surface area contributed by atoms with Crippen LogP contribution in [0.25, 0.3) is 10.8 Å². The molecule has 1 unspecified atom stereocenters. The van der Waals surface area contributed by atoms with E-state index in [1.165, 1.54) is 6.92 Å². The standard InChI is InChI=1S/C28H32N4O4.ClH/c1-17(29-4)27(34)30-26-18(2)32(19(3)33)24-13-9-8-12-23(24)31(28(26)35)16-22-21-11-7-6-10-20(21)14-15-25(22)36-5;/h6-15,17-18,26,29H,16H2,1-5H3,(H,30,34);1H/t17?,18-,26-;/m0./s1. The van der Waals surface area contributed by atoms with E-state index in [1.54, 1.807) is 37.8 Å². The van der Waals surface area contributed by atoms with E-state index in [2.05, 4.69) is 10.6 Å². The number of rotatable bonds is 6. The Labute approximate surface area is 223 Å². The third-order valence-electron chi connectivity index (χ3n) is 6.85. The second-order valence-electron chi connectivity index (χ2n) is 9.01. The lowest BCUT2D eigenvalue weighted by Gasteiger charge is -2.32. The molecule has 2 N–H and O–H groups in total. The van der Waals surface area contributed by atoms with Crippen LogP contribution in [-0.4, -0.2) is 50.0 Å². The Morgan fingerprint density at radius 2 is 1.68 bits per heavy atom. The van der Waals surface area contributed by atoms with Gasteiger partial charge in [-0.05, 0) is 49.9 Å². The molecule has 0 fully saturated rings. The summed E-state index contributed by atoms with van der Waals surface area (Å²) in [5.41, 5.74) is 2.05. The first-order valence-corrected chi connectivity index (χ1v) is 12.0. The lowest BCUT2D eigenvalue weighted by Crippen LogP contribution is -2.59. The SMILES string of the molecule is CNC(C)C(=O)N[C@@H]1C(=O)N(Cc2c(OC)ccc3ccccc23)c2ccccc2N(C(C)=O)[C@H]1C.Cl. The summed E-state index contributed by atoms with van der Waals surface area (Å²) in [5.74, 6) is -0.178. The van der Waals surface area contributed by atoms with Crippen LogP contribution < -0.4 is 25.2 Å². The predicted molar refractivity (Wildman–Crippen MR) is 148 cm³/mol. The summed E-state index contributed by atoms with van der Waals surface area (Å²) in [5, 5.41) is 7.78. The molecule has 1 heterocycles. The Bertz CT molecular complexity index is 1310. The first-order chi connectivity index (χ1) is 17.3. The molecule has 0 spiro atoms. The van der Waals surface area contributed by atoms with Gasteiger partial charge in [0.25, 0.3) is 5.91 Å². The summed E-state index contributed by atoms with van der Waals surface area (Å²) in [6, 6.07) is 17.1. The number of ether oxygens (including phenoxy) is 1. The van der Waals surface area contributed by atoms with E-state index in [4.69, 9.17) is 4.74 Å². The number of likely N-dealkylation sites (N-methyl/N-ethyl adjacent to an activating group) is 1. The van der Waals surface area contributed by atoms with Gasteiger partial charge in [-0.15, -0.1) is 12.4 Å². The smallest absolute Gasteiger partial charge is 0.252 e. The zero-order valence-electron chi connectivity index (χ0n) is 21.6. The van der Waals surface area contributed by atoms with E-state index in [-0.39, 0.29) is 36.7 Å². The van der Waals surface area contributed by atoms with Gasteiger partial charge in [0.05, 0.1) is 37.1 Å². The number of methoxy groups -OCH3 is 1. The highest BCUT2D eigenvalue weighted by molar-refractivity contribution is 6.08. The zero-order valence-corrected chi connectivity index (χ0v) is 22.5. The average Bonchev–Trinajstić information content (AvgIpc) is 2.97. The summed E-state index contributed by atoms with van der Waals surface area (Å²) < 4.78 is 5.69. The maximum Gasteiger partial charge on any atom is 0.252 e. The molecule has 1 aliphatic rings. The van der Waals surface area contributed by atoms with Crippen LogP contribution in [0.15, 0.2) is 60.7 Å². The number of amides is 3. The second-order valence-corrected chi connectivity index (χ2v) is 9.01. The Kier molecular flexibility index (Phi) is 8.78. The Morgan fingerprint density at radius 1 is 1.03 bits per heavy atom. The number of carbonyl (C=O) groups is 3. The summed E-state index contributed by atoms with van der Waals surface area (Å²) in [6.07, 6.45) is 0. The first-order valence-electron chi connectivity index (χ1n) is 12.0. The normalized spacial score (nSPS) is 17.9. The summed E-state index contributed by atoms with van der Waals surface area (Å²) >= 11 is 0. The molecular formula is C28H33ClN4O4. The number of hydrogen-bond acceptors (Lipinski definition) is 5. The summed E-state index contributed by atoms with van der Waals surface area (Å²) in [4.78, 5) is 43.1. The first kappa shape index (κ1) is 28.0. The van der Waals surface area contributed by atoms with Crippen molar-refractivity contribution in [2.24, 2.45) is 0 Å². The molecule has 196 valence electrons. The van der Waals surface area contributed by atoms with Crippen LogP contribution in [0.3, 0.4) is 0 Å². The van der Waals surface area contributed by atoms with Crippen molar-refractivity contribution in [1.29, 1.82) is 0 Å². The van der Waals surface area contributed by atoms with Crippen molar-refractivity contribution in [1.82, 2.24) is 10.6 Å².